The molecule has 29 heavy (non-hydrogen) atoms. The Hall–Kier alpha value is -2.38. The fraction of sp³-hybridized carbons (Fsp3) is 0.545. The predicted octanol–water partition coefficient (Wildman–Crippen LogP) is 4.25. The van der Waals surface area contributed by atoms with Gasteiger partial charge in [-0.25, -0.2) is 9.68 Å². The lowest BCUT2D eigenvalue weighted by molar-refractivity contribution is -0.329. The zero-order chi connectivity index (χ0) is 21.5. The highest BCUT2D eigenvalue weighted by Gasteiger charge is 2.42. The molecule has 2 aromatic rings. The van der Waals surface area contributed by atoms with Crippen LogP contribution in [-0.2, 0) is 17.7 Å². The van der Waals surface area contributed by atoms with Crippen molar-refractivity contribution in [3.05, 3.63) is 33.2 Å². The molecule has 0 aliphatic carbocycles. The zero-order valence-corrected chi connectivity index (χ0v) is 17.5. The highest BCUT2D eigenvalue weighted by atomic mass is 17.1. The molecule has 0 radical (unpaired) electrons. The van der Waals surface area contributed by atoms with E-state index in [-0.39, 0.29) is 41.4 Å². The Kier molecular flexibility index (Phi) is 5.74. The second kappa shape index (κ2) is 7.80. The van der Waals surface area contributed by atoms with Crippen LogP contribution in [0.4, 0.5) is 0 Å². The summed E-state index contributed by atoms with van der Waals surface area (Å²) >= 11 is 0. The first-order chi connectivity index (χ1) is 13.6. The zero-order valence-electron chi connectivity index (χ0n) is 17.5. The van der Waals surface area contributed by atoms with Crippen LogP contribution in [0.15, 0.2) is 15.3 Å². The predicted molar refractivity (Wildman–Crippen MR) is 108 cm³/mol. The molecule has 7 nitrogen and oxygen atoms in total. The Morgan fingerprint density at radius 3 is 2.66 bits per heavy atom. The standard InChI is InChI=1S/C22H28O7/c1-6-7-12-9-16(24)28-21-17(12)20-13(10-15(27-20)22(4,5)29-26)19(25)18(21)14(23)8-11(2)3/h9,11,15,25-26H,6-8,10H2,1-5H3. The SMILES string of the molecule is CCCc1cc(=O)oc2c(C(=O)CC(C)C)c(O)c3c(c12)OC(C(C)(C)OO)C3. The molecular weight excluding hydrogens is 376 g/mol. The molecule has 0 amide bonds. The van der Waals surface area contributed by atoms with E-state index in [0.29, 0.717) is 28.7 Å². The maximum absolute atomic E-state index is 13.0. The highest BCUT2D eigenvalue weighted by molar-refractivity contribution is 6.11. The van der Waals surface area contributed by atoms with Crippen molar-refractivity contribution in [3.8, 4) is 11.5 Å². The van der Waals surface area contributed by atoms with E-state index in [2.05, 4.69) is 4.89 Å². The summed E-state index contributed by atoms with van der Waals surface area (Å²) in [7, 11) is 0. The molecule has 1 aliphatic heterocycles. The number of hydrogen-bond acceptors (Lipinski definition) is 7. The number of phenolic OH excluding ortho intramolecular Hbond substituents is 1. The molecule has 0 saturated heterocycles. The van der Waals surface area contributed by atoms with Crippen molar-refractivity contribution in [1.82, 2.24) is 0 Å². The maximum Gasteiger partial charge on any atom is 0.336 e. The molecule has 2 heterocycles. The number of ketones is 1. The van der Waals surface area contributed by atoms with E-state index in [1.54, 1.807) is 13.8 Å². The van der Waals surface area contributed by atoms with Gasteiger partial charge in [0.25, 0.3) is 0 Å². The van der Waals surface area contributed by atoms with Crippen molar-refractivity contribution in [2.45, 2.75) is 72.0 Å². The smallest absolute Gasteiger partial charge is 0.336 e. The van der Waals surface area contributed by atoms with Gasteiger partial charge in [0.05, 0.1) is 5.39 Å². The normalized spacial score (nSPS) is 16.3. The van der Waals surface area contributed by atoms with Gasteiger partial charge in [-0.1, -0.05) is 27.2 Å². The summed E-state index contributed by atoms with van der Waals surface area (Å²) < 4.78 is 11.5. The van der Waals surface area contributed by atoms with Crippen molar-refractivity contribution >= 4 is 16.8 Å². The number of aromatic hydroxyl groups is 1. The first-order valence-corrected chi connectivity index (χ1v) is 9.97. The van der Waals surface area contributed by atoms with Gasteiger partial charge in [-0.05, 0) is 31.7 Å². The van der Waals surface area contributed by atoms with Crippen LogP contribution in [0.3, 0.4) is 0 Å². The second-order valence-corrected chi connectivity index (χ2v) is 8.60. The first-order valence-electron chi connectivity index (χ1n) is 9.97. The lowest BCUT2D eigenvalue weighted by Crippen LogP contribution is -2.41. The Bertz CT molecular complexity index is 1000. The third-order valence-electron chi connectivity index (χ3n) is 5.35. The summed E-state index contributed by atoms with van der Waals surface area (Å²) in [6, 6.07) is 1.41. The van der Waals surface area contributed by atoms with E-state index in [0.717, 1.165) is 6.42 Å². The molecule has 0 fully saturated rings. The van der Waals surface area contributed by atoms with Crippen molar-refractivity contribution < 1.29 is 29.2 Å². The highest BCUT2D eigenvalue weighted by Crippen LogP contribution is 2.48. The lowest BCUT2D eigenvalue weighted by Gasteiger charge is -2.27. The van der Waals surface area contributed by atoms with Gasteiger partial charge in [-0.3, -0.25) is 10.1 Å². The number of hydrogen-bond donors (Lipinski definition) is 2. The van der Waals surface area contributed by atoms with Crippen LogP contribution < -0.4 is 10.4 Å². The van der Waals surface area contributed by atoms with Crippen molar-refractivity contribution in [1.29, 1.82) is 0 Å². The van der Waals surface area contributed by atoms with Crippen LogP contribution in [0.2, 0.25) is 0 Å². The monoisotopic (exact) mass is 404 g/mol. The van der Waals surface area contributed by atoms with Gasteiger partial charge in [-0.2, -0.15) is 0 Å². The summed E-state index contributed by atoms with van der Waals surface area (Å²) in [5, 5.41) is 20.8. The molecule has 3 rings (SSSR count). The second-order valence-electron chi connectivity index (χ2n) is 8.60. The Morgan fingerprint density at radius 2 is 2.07 bits per heavy atom. The van der Waals surface area contributed by atoms with Crippen LogP contribution in [0.5, 0.6) is 11.5 Å². The minimum absolute atomic E-state index is 0.0227. The molecule has 1 aliphatic rings. The minimum atomic E-state index is -1.04. The van der Waals surface area contributed by atoms with Gasteiger partial charge in [0.2, 0.25) is 0 Å². The number of fused-ring (bicyclic) bond motifs is 3. The molecule has 1 aromatic carbocycles. The molecule has 0 bridgehead atoms. The molecule has 158 valence electrons. The van der Waals surface area contributed by atoms with E-state index in [9.17, 15) is 20.0 Å². The first kappa shape index (κ1) is 21.3. The Balaban J connectivity index is 2.34. The fourth-order valence-corrected chi connectivity index (χ4v) is 3.82. The number of rotatable bonds is 7. The average Bonchev–Trinajstić information content (AvgIpc) is 3.07. The average molecular weight is 404 g/mol. The van der Waals surface area contributed by atoms with Crippen LogP contribution in [0.25, 0.3) is 11.0 Å². The van der Waals surface area contributed by atoms with Crippen LogP contribution in [-0.4, -0.2) is 27.9 Å². The van der Waals surface area contributed by atoms with Crippen molar-refractivity contribution in [3.63, 3.8) is 0 Å². The summed E-state index contributed by atoms with van der Waals surface area (Å²) in [6.45, 7) is 9.13. The third kappa shape index (κ3) is 3.76. The Morgan fingerprint density at radius 1 is 1.38 bits per heavy atom. The number of ether oxygens (including phenoxy) is 1. The summed E-state index contributed by atoms with van der Waals surface area (Å²) in [5.74, 6) is -0.0724. The molecule has 0 saturated carbocycles. The topological polar surface area (TPSA) is 106 Å². The number of aryl methyl sites for hydroxylation is 1. The van der Waals surface area contributed by atoms with Crippen LogP contribution in [0, 0.1) is 5.92 Å². The van der Waals surface area contributed by atoms with E-state index < -0.39 is 17.3 Å². The largest absolute Gasteiger partial charge is 0.507 e. The van der Waals surface area contributed by atoms with Crippen molar-refractivity contribution in [2.24, 2.45) is 5.92 Å². The van der Waals surface area contributed by atoms with Gasteiger partial charge >= 0.3 is 5.63 Å². The molecule has 2 N–H and O–H groups in total. The van der Waals surface area contributed by atoms with Crippen LogP contribution >= 0.6 is 0 Å². The quantitative estimate of drug-likeness (QED) is 0.307. The van der Waals surface area contributed by atoms with Gasteiger partial charge in [0, 0.05) is 24.5 Å². The number of carbonyl (C=O) groups excluding carboxylic acids is 1. The van der Waals surface area contributed by atoms with Gasteiger partial charge in [0.1, 0.15) is 28.8 Å². The van der Waals surface area contributed by atoms with Crippen molar-refractivity contribution in [2.75, 3.05) is 0 Å². The van der Waals surface area contributed by atoms with E-state index >= 15 is 0 Å². The number of Topliss-reactive ketones (excluding diaryl/α,β-unsaturated/α-hetero) is 1. The minimum Gasteiger partial charge on any atom is -0.507 e. The molecular formula is C22H28O7. The molecule has 7 heteroatoms. The summed E-state index contributed by atoms with van der Waals surface area (Å²) in [4.78, 5) is 29.8. The van der Waals surface area contributed by atoms with Gasteiger partial charge < -0.3 is 14.3 Å². The molecule has 1 aromatic heterocycles. The van der Waals surface area contributed by atoms with Crippen LogP contribution in [0.1, 0.15) is 68.9 Å². The lowest BCUT2D eigenvalue weighted by atomic mass is 9.91. The Labute approximate surface area is 169 Å². The number of carbonyl (C=O) groups is 1. The third-order valence-corrected chi connectivity index (χ3v) is 5.35. The maximum atomic E-state index is 13.0. The van der Waals surface area contributed by atoms with Gasteiger partial charge in [-0.15, -0.1) is 0 Å². The number of benzene rings is 1. The fourth-order valence-electron chi connectivity index (χ4n) is 3.82. The number of phenols is 1. The molecule has 1 unspecified atom stereocenters. The molecule has 0 spiro atoms. The van der Waals surface area contributed by atoms with E-state index in [1.165, 1.54) is 6.07 Å². The van der Waals surface area contributed by atoms with E-state index in [4.69, 9.17) is 9.15 Å². The summed E-state index contributed by atoms with van der Waals surface area (Å²) in [6.07, 6.45) is 1.23. The van der Waals surface area contributed by atoms with E-state index in [1.807, 2.05) is 20.8 Å². The summed E-state index contributed by atoms with van der Waals surface area (Å²) in [5.41, 5.74) is -0.364. The molecule has 1 atom stereocenters. The van der Waals surface area contributed by atoms with Gasteiger partial charge in [0.15, 0.2) is 11.4 Å².